The van der Waals surface area contributed by atoms with E-state index in [1.165, 1.54) is 24.3 Å². The number of aromatic nitrogens is 1. The summed E-state index contributed by atoms with van der Waals surface area (Å²) < 4.78 is 13.3. The summed E-state index contributed by atoms with van der Waals surface area (Å²) in [6.07, 6.45) is 7.97. The summed E-state index contributed by atoms with van der Waals surface area (Å²) in [6, 6.07) is 26.3. The van der Waals surface area contributed by atoms with Gasteiger partial charge in [0.2, 0.25) is 0 Å². The highest BCUT2D eigenvalue weighted by atomic mass is 19.1. The third kappa shape index (κ3) is 6.53. The molecule has 0 atom stereocenters. The van der Waals surface area contributed by atoms with Crippen molar-refractivity contribution in [3.63, 3.8) is 0 Å². The van der Waals surface area contributed by atoms with E-state index in [4.69, 9.17) is 0 Å². The molecular formula is C34H31FN4O2. The van der Waals surface area contributed by atoms with E-state index in [0.29, 0.717) is 22.5 Å². The summed E-state index contributed by atoms with van der Waals surface area (Å²) in [6.45, 7) is 2.12. The molecule has 3 N–H and O–H groups in total. The van der Waals surface area contributed by atoms with Gasteiger partial charge in [0, 0.05) is 58.0 Å². The first kappa shape index (κ1) is 27.4. The van der Waals surface area contributed by atoms with Crippen LogP contribution in [0.4, 0.5) is 27.1 Å². The molecule has 206 valence electrons. The van der Waals surface area contributed by atoms with Gasteiger partial charge in [0.15, 0.2) is 0 Å². The van der Waals surface area contributed by atoms with Crippen LogP contribution >= 0.6 is 0 Å². The van der Waals surface area contributed by atoms with E-state index in [-0.39, 0.29) is 17.6 Å². The Labute approximate surface area is 238 Å². The zero-order valence-corrected chi connectivity index (χ0v) is 22.9. The molecule has 0 saturated heterocycles. The van der Waals surface area contributed by atoms with Gasteiger partial charge < -0.3 is 20.5 Å². The van der Waals surface area contributed by atoms with Gasteiger partial charge in [-0.2, -0.15) is 0 Å². The molecule has 0 unspecified atom stereocenters. The lowest BCUT2D eigenvalue weighted by molar-refractivity contribution is 0.101. The molecule has 0 radical (unpaired) electrons. The topological polar surface area (TPSA) is 77.2 Å². The van der Waals surface area contributed by atoms with Crippen LogP contribution in [0.5, 0.6) is 0 Å². The Morgan fingerprint density at radius 3 is 2.27 bits per heavy atom. The van der Waals surface area contributed by atoms with Crippen molar-refractivity contribution in [1.82, 2.24) is 4.98 Å². The van der Waals surface area contributed by atoms with Gasteiger partial charge in [-0.25, -0.2) is 4.39 Å². The normalized spacial score (nSPS) is 11.1. The predicted molar refractivity (Wildman–Crippen MR) is 165 cm³/mol. The van der Waals surface area contributed by atoms with Crippen LogP contribution in [0.25, 0.3) is 17.0 Å². The molecule has 41 heavy (non-hydrogen) atoms. The van der Waals surface area contributed by atoms with Crippen LogP contribution in [-0.2, 0) is 0 Å². The fourth-order valence-electron chi connectivity index (χ4n) is 4.56. The number of hydrogen-bond acceptors (Lipinski definition) is 3. The van der Waals surface area contributed by atoms with Gasteiger partial charge in [0.1, 0.15) is 5.82 Å². The molecule has 0 aliphatic carbocycles. The number of unbranched alkanes of at least 4 members (excludes halogenated alkanes) is 1. The molecule has 0 spiro atoms. The number of hydrogen-bond donors (Lipinski definition) is 3. The maximum atomic E-state index is 13.3. The van der Waals surface area contributed by atoms with Crippen LogP contribution in [0, 0.1) is 5.82 Å². The Morgan fingerprint density at radius 2 is 1.51 bits per heavy atom. The first-order valence-electron chi connectivity index (χ1n) is 13.5. The first-order chi connectivity index (χ1) is 19.9. The lowest BCUT2D eigenvalue weighted by atomic mass is 10.1. The summed E-state index contributed by atoms with van der Waals surface area (Å²) in [7, 11) is 1.98. The minimum atomic E-state index is -0.387. The van der Waals surface area contributed by atoms with Crippen molar-refractivity contribution in [2.75, 3.05) is 22.6 Å². The lowest BCUT2D eigenvalue weighted by Gasteiger charge is -2.23. The number of nitrogens with one attached hydrogen (secondary N) is 3. The molecule has 5 aromatic rings. The largest absolute Gasteiger partial charge is 0.361 e. The van der Waals surface area contributed by atoms with Gasteiger partial charge in [-0.05, 0) is 103 Å². The Hall–Kier alpha value is -5.17. The van der Waals surface area contributed by atoms with Crippen LogP contribution in [0.1, 0.15) is 46.0 Å². The lowest BCUT2D eigenvalue weighted by Crippen LogP contribution is -2.14. The number of benzene rings is 4. The Kier molecular flexibility index (Phi) is 8.25. The maximum absolute atomic E-state index is 13.3. The molecule has 0 saturated carbocycles. The summed E-state index contributed by atoms with van der Waals surface area (Å²) >= 11 is 0. The van der Waals surface area contributed by atoms with Crippen molar-refractivity contribution in [2.45, 2.75) is 19.8 Å². The molecule has 0 fully saturated rings. The SMILES string of the molecule is CCC/C=C/c1cc(NC(=O)c2ccc(F)cc2)ccc1N(C)c1ccc(NC(=O)c2ccc3[nH]ccc3c2)cc1. The quantitative estimate of drug-likeness (QED) is 0.174. The van der Waals surface area contributed by atoms with Gasteiger partial charge >= 0.3 is 0 Å². The van der Waals surface area contributed by atoms with Gasteiger partial charge in [-0.3, -0.25) is 9.59 Å². The second-order valence-corrected chi connectivity index (χ2v) is 9.77. The van der Waals surface area contributed by atoms with E-state index in [9.17, 15) is 14.0 Å². The Morgan fingerprint density at radius 1 is 0.829 bits per heavy atom. The molecule has 4 aromatic carbocycles. The number of nitrogens with zero attached hydrogens (tertiary/aromatic N) is 1. The summed E-state index contributed by atoms with van der Waals surface area (Å²) in [5, 5.41) is 6.86. The average Bonchev–Trinajstić information content (AvgIpc) is 3.46. The highest BCUT2D eigenvalue weighted by Gasteiger charge is 2.13. The van der Waals surface area contributed by atoms with Crippen molar-refractivity contribution in [3.05, 3.63) is 126 Å². The molecule has 2 amide bonds. The van der Waals surface area contributed by atoms with Crippen molar-refractivity contribution in [1.29, 1.82) is 0 Å². The third-order valence-corrected chi connectivity index (χ3v) is 6.83. The molecule has 6 nitrogen and oxygen atoms in total. The number of allylic oxidation sites excluding steroid dienone is 1. The number of amides is 2. The molecule has 0 aliphatic rings. The molecule has 0 aliphatic heterocycles. The molecule has 5 rings (SSSR count). The number of halogens is 1. The van der Waals surface area contributed by atoms with E-state index >= 15 is 0 Å². The standard InChI is InChI=1S/C34H31FN4O2/c1-3-4-5-6-25-22-29(38-33(40)23-7-10-27(35)11-8-23)14-18-32(25)39(2)30-15-12-28(13-16-30)37-34(41)26-9-17-31-24(21-26)19-20-36-31/h5-22,36H,3-4H2,1-2H3,(H,37,41)(H,38,40)/b6-5+. The predicted octanol–water partition coefficient (Wildman–Crippen LogP) is 8.39. The Balaban J connectivity index is 1.32. The summed E-state index contributed by atoms with van der Waals surface area (Å²) in [5.74, 6) is -0.863. The van der Waals surface area contributed by atoms with E-state index in [1.807, 2.05) is 73.9 Å². The second-order valence-electron chi connectivity index (χ2n) is 9.77. The molecule has 0 bridgehead atoms. The molecule has 7 heteroatoms. The maximum Gasteiger partial charge on any atom is 0.255 e. The minimum Gasteiger partial charge on any atom is -0.361 e. The van der Waals surface area contributed by atoms with Gasteiger partial charge in [-0.1, -0.05) is 25.5 Å². The smallest absolute Gasteiger partial charge is 0.255 e. The van der Waals surface area contributed by atoms with Crippen molar-refractivity contribution in [3.8, 4) is 0 Å². The molecule has 1 heterocycles. The Bertz CT molecular complexity index is 1710. The number of carbonyl (C=O) groups excluding carboxylic acids is 2. The highest BCUT2D eigenvalue weighted by molar-refractivity contribution is 6.06. The van der Waals surface area contributed by atoms with Crippen molar-refractivity contribution >= 4 is 51.5 Å². The van der Waals surface area contributed by atoms with Crippen LogP contribution < -0.4 is 15.5 Å². The van der Waals surface area contributed by atoms with Crippen molar-refractivity contribution < 1.29 is 14.0 Å². The second kappa shape index (κ2) is 12.3. The monoisotopic (exact) mass is 546 g/mol. The van der Waals surface area contributed by atoms with Gasteiger partial charge in [0.05, 0.1) is 0 Å². The van der Waals surface area contributed by atoms with Gasteiger partial charge in [0.25, 0.3) is 11.8 Å². The van der Waals surface area contributed by atoms with Crippen molar-refractivity contribution in [2.24, 2.45) is 0 Å². The summed E-state index contributed by atoms with van der Waals surface area (Å²) in [5.41, 5.74) is 6.13. The van der Waals surface area contributed by atoms with E-state index < -0.39 is 0 Å². The number of fused-ring (bicyclic) bond motifs is 1. The first-order valence-corrected chi connectivity index (χ1v) is 13.5. The van der Waals surface area contributed by atoms with E-state index in [2.05, 4.69) is 39.6 Å². The zero-order chi connectivity index (χ0) is 28.8. The van der Waals surface area contributed by atoms with Crippen LogP contribution in [0.3, 0.4) is 0 Å². The number of H-pyrrole nitrogens is 1. The van der Waals surface area contributed by atoms with Crippen LogP contribution in [-0.4, -0.2) is 23.8 Å². The van der Waals surface area contributed by atoms with E-state index in [0.717, 1.165) is 40.7 Å². The molecule has 1 aromatic heterocycles. The third-order valence-electron chi connectivity index (χ3n) is 6.83. The van der Waals surface area contributed by atoms with Crippen LogP contribution in [0.2, 0.25) is 0 Å². The fraction of sp³-hybridized carbons (Fsp3) is 0.118. The summed E-state index contributed by atoms with van der Waals surface area (Å²) in [4.78, 5) is 30.7. The number of rotatable bonds is 9. The molecular weight excluding hydrogens is 515 g/mol. The number of carbonyl (C=O) groups is 2. The highest BCUT2D eigenvalue weighted by Crippen LogP contribution is 2.31. The zero-order valence-electron chi connectivity index (χ0n) is 22.9. The average molecular weight is 547 g/mol. The fourth-order valence-corrected chi connectivity index (χ4v) is 4.56. The number of aromatic amines is 1. The minimum absolute atomic E-state index is 0.171. The van der Waals surface area contributed by atoms with Gasteiger partial charge in [-0.15, -0.1) is 0 Å². The number of anilines is 4. The van der Waals surface area contributed by atoms with Crippen LogP contribution in [0.15, 0.2) is 103 Å². The van der Waals surface area contributed by atoms with E-state index in [1.54, 1.807) is 6.07 Å².